The van der Waals surface area contributed by atoms with E-state index in [1.807, 2.05) is 24.3 Å². The summed E-state index contributed by atoms with van der Waals surface area (Å²) in [4.78, 5) is 24.3. The van der Waals surface area contributed by atoms with E-state index in [1.165, 1.54) is 4.90 Å². The van der Waals surface area contributed by atoms with Gasteiger partial charge < -0.3 is 20.1 Å². The van der Waals surface area contributed by atoms with Crippen molar-refractivity contribution in [2.45, 2.75) is 19.9 Å². The second-order valence-electron chi connectivity index (χ2n) is 4.84. The van der Waals surface area contributed by atoms with E-state index in [2.05, 4.69) is 5.32 Å². The average molecular weight is 294 g/mol. The van der Waals surface area contributed by atoms with Gasteiger partial charge in [-0.05, 0) is 24.1 Å². The number of nitrogens with one attached hydrogen (secondary N) is 1. The number of amides is 2. The molecule has 0 aliphatic rings. The number of benzene rings is 1. The molecule has 0 bridgehead atoms. The number of hydrogen-bond acceptors (Lipinski definition) is 3. The molecule has 0 saturated carbocycles. The Morgan fingerprint density at radius 3 is 2.71 bits per heavy atom. The van der Waals surface area contributed by atoms with Crippen LogP contribution in [0.4, 0.5) is 4.79 Å². The van der Waals surface area contributed by atoms with Crippen molar-refractivity contribution in [3.8, 4) is 5.75 Å². The molecule has 1 aromatic carbocycles. The molecule has 0 aliphatic heterocycles. The molecule has 0 aromatic heterocycles. The SMILES string of the molecule is CCC(CNC(=O)N(C)Cc1cccc(OC)c1)C(=O)O. The summed E-state index contributed by atoms with van der Waals surface area (Å²) in [6.07, 6.45) is 0.481. The van der Waals surface area contributed by atoms with Crippen LogP contribution in [0.3, 0.4) is 0 Å². The molecule has 6 heteroatoms. The first-order valence-corrected chi connectivity index (χ1v) is 6.82. The van der Waals surface area contributed by atoms with Gasteiger partial charge in [0, 0.05) is 20.1 Å². The third-order valence-electron chi connectivity index (χ3n) is 3.24. The monoisotopic (exact) mass is 294 g/mol. The first-order chi connectivity index (χ1) is 9.97. The Bertz CT molecular complexity index is 490. The van der Waals surface area contributed by atoms with Crippen LogP contribution >= 0.6 is 0 Å². The summed E-state index contributed by atoms with van der Waals surface area (Å²) >= 11 is 0. The van der Waals surface area contributed by atoms with E-state index in [0.29, 0.717) is 13.0 Å². The van der Waals surface area contributed by atoms with Gasteiger partial charge in [-0.2, -0.15) is 0 Å². The van der Waals surface area contributed by atoms with Gasteiger partial charge >= 0.3 is 12.0 Å². The van der Waals surface area contributed by atoms with Gasteiger partial charge in [0.15, 0.2) is 0 Å². The highest BCUT2D eigenvalue weighted by molar-refractivity contribution is 5.75. The number of urea groups is 1. The zero-order valence-electron chi connectivity index (χ0n) is 12.6. The van der Waals surface area contributed by atoms with Crippen molar-refractivity contribution in [1.29, 1.82) is 0 Å². The molecule has 1 aromatic rings. The Morgan fingerprint density at radius 1 is 1.43 bits per heavy atom. The number of carbonyl (C=O) groups excluding carboxylic acids is 1. The maximum Gasteiger partial charge on any atom is 0.317 e. The zero-order valence-corrected chi connectivity index (χ0v) is 12.6. The van der Waals surface area contributed by atoms with Crippen molar-refractivity contribution in [3.05, 3.63) is 29.8 Å². The van der Waals surface area contributed by atoms with Crippen molar-refractivity contribution in [2.75, 3.05) is 20.7 Å². The maximum absolute atomic E-state index is 11.9. The highest BCUT2D eigenvalue weighted by Crippen LogP contribution is 2.13. The van der Waals surface area contributed by atoms with Crippen molar-refractivity contribution >= 4 is 12.0 Å². The topological polar surface area (TPSA) is 78.9 Å². The number of hydrogen-bond donors (Lipinski definition) is 2. The van der Waals surface area contributed by atoms with E-state index in [0.717, 1.165) is 11.3 Å². The first-order valence-electron chi connectivity index (χ1n) is 6.82. The smallest absolute Gasteiger partial charge is 0.317 e. The van der Waals surface area contributed by atoms with Gasteiger partial charge in [-0.25, -0.2) is 4.79 Å². The van der Waals surface area contributed by atoms with Crippen LogP contribution in [-0.4, -0.2) is 42.7 Å². The van der Waals surface area contributed by atoms with Crippen LogP contribution in [0.15, 0.2) is 24.3 Å². The van der Waals surface area contributed by atoms with Gasteiger partial charge in [0.2, 0.25) is 0 Å². The van der Waals surface area contributed by atoms with Crippen molar-refractivity contribution in [2.24, 2.45) is 5.92 Å². The summed E-state index contributed by atoms with van der Waals surface area (Å²) in [5.74, 6) is -0.717. The number of nitrogens with zero attached hydrogens (tertiary/aromatic N) is 1. The van der Waals surface area contributed by atoms with Gasteiger partial charge in [-0.3, -0.25) is 4.79 Å². The standard InChI is InChI=1S/C15H22N2O4/c1-4-12(14(18)19)9-16-15(20)17(2)10-11-6-5-7-13(8-11)21-3/h5-8,12H,4,9-10H2,1-3H3,(H,16,20)(H,18,19). The largest absolute Gasteiger partial charge is 0.497 e. The Hall–Kier alpha value is -2.24. The number of carboxylic acid groups (broad SMARTS) is 1. The Morgan fingerprint density at radius 2 is 2.14 bits per heavy atom. The van der Waals surface area contributed by atoms with Gasteiger partial charge in [-0.1, -0.05) is 19.1 Å². The molecule has 21 heavy (non-hydrogen) atoms. The first kappa shape index (κ1) is 16.8. The molecule has 0 radical (unpaired) electrons. The minimum atomic E-state index is -0.895. The molecular formula is C15H22N2O4. The average Bonchev–Trinajstić information content (AvgIpc) is 2.47. The van der Waals surface area contributed by atoms with E-state index >= 15 is 0 Å². The lowest BCUT2D eigenvalue weighted by atomic mass is 10.1. The number of aliphatic carboxylic acids is 1. The van der Waals surface area contributed by atoms with Gasteiger partial charge in [0.25, 0.3) is 0 Å². The molecule has 2 N–H and O–H groups in total. The number of ether oxygens (including phenoxy) is 1. The highest BCUT2D eigenvalue weighted by atomic mass is 16.5. The molecule has 116 valence electrons. The number of rotatable bonds is 7. The minimum Gasteiger partial charge on any atom is -0.497 e. The molecular weight excluding hydrogens is 272 g/mol. The highest BCUT2D eigenvalue weighted by Gasteiger charge is 2.17. The van der Waals surface area contributed by atoms with Crippen LogP contribution in [0.5, 0.6) is 5.75 Å². The second kappa shape index (κ2) is 8.14. The van der Waals surface area contributed by atoms with Crippen LogP contribution in [0.2, 0.25) is 0 Å². The molecule has 0 heterocycles. The van der Waals surface area contributed by atoms with E-state index in [-0.39, 0.29) is 12.6 Å². The Labute approximate surface area is 124 Å². The summed E-state index contributed by atoms with van der Waals surface area (Å²) in [5, 5.41) is 11.6. The summed E-state index contributed by atoms with van der Waals surface area (Å²) in [6.45, 7) is 2.34. The minimum absolute atomic E-state index is 0.132. The molecule has 6 nitrogen and oxygen atoms in total. The van der Waals surface area contributed by atoms with Crippen LogP contribution in [0, 0.1) is 5.92 Å². The second-order valence-corrected chi connectivity index (χ2v) is 4.84. The van der Waals surface area contributed by atoms with Gasteiger partial charge in [0.05, 0.1) is 13.0 Å². The fourth-order valence-corrected chi connectivity index (χ4v) is 1.87. The molecule has 1 atom stereocenters. The molecule has 0 spiro atoms. The lowest BCUT2D eigenvalue weighted by Crippen LogP contribution is -2.40. The van der Waals surface area contributed by atoms with Crippen molar-refractivity contribution < 1.29 is 19.4 Å². The van der Waals surface area contributed by atoms with Crippen LogP contribution in [0.25, 0.3) is 0 Å². The fourth-order valence-electron chi connectivity index (χ4n) is 1.87. The zero-order chi connectivity index (χ0) is 15.8. The predicted octanol–water partition coefficient (Wildman–Crippen LogP) is 1.95. The lowest BCUT2D eigenvalue weighted by molar-refractivity contribution is -0.141. The third kappa shape index (κ3) is 5.33. The molecule has 0 aliphatic carbocycles. The number of carboxylic acids is 1. The van der Waals surface area contributed by atoms with E-state index in [1.54, 1.807) is 21.1 Å². The van der Waals surface area contributed by atoms with Crippen molar-refractivity contribution in [1.82, 2.24) is 10.2 Å². The lowest BCUT2D eigenvalue weighted by Gasteiger charge is -2.19. The molecule has 0 saturated heterocycles. The Kier molecular flexibility index (Phi) is 6.52. The summed E-state index contributed by atoms with van der Waals surface area (Å²) < 4.78 is 5.13. The van der Waals surface area contributed by atoms with Crippen LogP contribution < -0.4 is 10.1 Å². The van der Waals surface area contributed by atoms with E-state index in [9.17, 15) is 9.59 Å². The van der Waals surface area contributed by atoms with Gasteiger partial charge in [-0.15, -0.1) is 0 Å². The van der Waals surface area contributed by atoms with Crippen LogP contribution in [0.1, 0.15) is 18.9 Å². The summed E-state index contributed by atoms with van der Waals surface area (Å²) in [5.41, 5.74) is 0.942. The molecule has 1 rings (SSSR count). The number of methoxy groups -OCH3 is 1. The summed E-state index contributed by atoms with van der Waals surface area (Å²) in [7, 11) is 3.25. The maximum atomic E-state index is 11.9. The van der Waals surface area contributed by atoms with Gasteiger partial charge in [0.1, 0.15) is 5.75 Å². The predicted molar refractivity (Wildman–Crippen MR) is 79.3 cm³/mol. The number of carbonyl (C=O) groups is 2. The normalized spacial score (nSPS) is 11.6. The third-order valence-corrected chi connectivity index (χ3v) is 3.24. The fraction of sp³-hybridized carbons (Fsp3) is 0.467. The van der Waals surface area contributed by atoms with Crippen LogP contribution in [-0.2, 0) is 11.3 Å². The molecule has 1 unspecified atom stereocenters. The molecule has 2 amide bonds. The Balaban J connectivity index is 2.52. The quantitative estimate of drug-likeness (QED) is 0.805. The van der Waals surface area contributed by atoms with E-state index in [4.69, 9.17) is 9.84 Å². The van der Waals surface area contributed by atoms with Crippen molar-refractivity contribution in [3.63, 3.8) is 0 Å². The molecule has 0 fully saturated rings. The van der Waals surface area contributed by atoms with E-state index < -0.39 is 11.9 Å². The summed E-state index contributed by atoms with van der Waals surface area (Å²) in [6, 6.07) is 7.16.